The molecule has 0 fully saturated rings. The van der Waals surface area contributed by atoms with Gasteiger partial charge in [-0.25, -0.2) is 4.98 Å². The van der Waals surface area contributed by atoms with Gasteiger partial charge in [-0.3, -0.25) is 9.59 Å². The fraction of sp³-hybridized carbons (Fsp3) is 0.129. The number of aromatic nitrogens is 1. The molecule has 0 amide bonds. The van der Waals surface area contributed by atoms with E-state index in [0.717, 1.165) is 37.7 Å². The number of hydrogen-bond acceptors (Lipinski definition) is 5. The van der Waals surface area contributed by atoms with Crippen LogP contribution in [0.3, 0.4) is 0 Å². The highest BCUT2D eigenvalue weighted by Gasteiger charge is 2.22. The summed E-state index contributed by atoms with van der Waals surface area (Å²) in [7, 11) is 0. The second-order valence-electron chi connectivity index (χ2n) is 9.12. The number of aryl methyl sites for hydroxylation is 1. The van der Waals surface area contributed by atoms with E-state index < -0.39 is 11.9 Å². The van der Waals surface area contributed by atoms with Crippen LogP contribution in [-0.2, 0) is 11.2 Å². The van der Waals surface area contributed by atoms with Crippen LogP contribution in [0.25, 0.3) is 21.3 Å². The number of ketones is 1. The van der Waals surface area contributed by atoms with Gasteiger partial charge in [0.1, 0.15) is 0 Å². The van der Waals surface area contributed by atoms with Gasteiger partial charge in [-0.15, -0.1) is 0 Å². The third kappa shape index (κ3) is 5.93. The van der Waals surface area contributed by atoms with Crippen molar-refractivity contribution >= 4 is 44.1 Å². The maximum Gasteiger partial charge on any atom is 0.307 e. The zero-order chi connectivity index (χ0) is 25.8. The van der Waals surface area contributed by atoms with Gasteiger partial charge in [0.25, 0.3) is 0 Å². The monoisotopic (exact) mass is 506 g/mol. The zero-order valence-electron chi connectivity index (χ0n) is 20.3. The van der Waals surface area contributed by atoms with Crippen LogP contribution in [0.5, 0.6) is 0 Å². The number of Topliss-reactive ketones (excluding diaryl/α,β-unsaturated/α-hetero) is 1. The summed E-state index contributed by atoms with van der Waals surface area (Å²) < 4.78 is 1.16. The van der Waals surface area contributed by atoms with Gasteiger partial charge in [-0.05, 0) is 59.9 Å². The van der Waals surface area contributed by atoms with E-state index in [-0.39, 0.29) is 12.2 Å². The molecular weight excluding hydrogens is 480 g/mol. The largest absolute Gasteiger partial charge is 0.481 e. The van der Waals surface area contributed by atoms with Gasteiger partial charge in [0.15, 0.2) is 10.9 Å². The molecule has 0 bridgehead atoms. The molecule has 1 atom stereocenters. The predicted octanol–water partition coefficient (Wildman–Crippen LogP) is 7.53. The zero-order valence-corrected chi connectivity index (χ0v) is 21.2. The Hall–Kier alpha value is -4.29. The van der Waals surface area contributed by atoms with Gasteiger partial charge >= 0.3 is 5.97 Å². The predicted molar refractivity (Wildman–Crippen MR) is 150 cm³/mol. The molecule has 184 valence electrons. The molecule has 0 aliphatic rings. The van der Waals surface area contributed by atoms with Crippen molar-refractivity contribution in [3.05, 3.63) is 114 Å². The number of fused-ring (bicyclic) bond motifs is 1. The quantitative estimate of drug-likeness (QED) is 0.202. The van der Waals surface area contributed by atoms with Gasteiger partial charge < -0.3 is 10.4 Å². The van der Waals surface area contributed by atoms with Gasteiger partial charge in [-0.1, -0.05) is 84.1 Å². The highest BCUT2D eigenvalue weighted by molar-refractivity contribution is 7.22. The smallest absolute Gasteiger partial charge is 0.307 e. The Morgan fingerprint density at radius 3 is 2.24 bits per heavy atom. The van der Waals surface area contributed by atoms with Crippen LogP contribution in [-0.4, -0.2) is 21.8 Å². The number of carboxylic acid groups (broad SMARTS) is 1. The van der Waals surface area contributed by atoms with Crippen LogP contribution in [0.4, 0.5) is 10.8 Å². The van der Waals surface area contributed by atoms with Crippen LogP contribution >= 0.6 is 11.3 Å². The van der Waals surface area contributed by atoms with Crippen molar-refractivity contribution in [2.75, 3.05) is 5.32 Å². The Kier molecular flexibility index (Phi) is 7.10. The average Bonchev–Trinajstić information content (AvgIpc) is 3.30. The second kappa shape index (κ2) is 10.8. The average molecular weight is 507 g/mol. The van der Waals surface area contributed by atoms with E-state index in [4.69, 9.17) is 0 Å². The number of carbonyl (C=O) groups excluding carboxylic acids is 1. The molecule has 4 aromatic carbocycles. The van der Waals surface area contributed by atoms with E-state index in [2.05, 4.69) is 29.4 Å². The Morgan fingerprint density at radius 1 is 0.892 bits per heavy atom. The van der Waals surface area contributed by atoms with E-state index in [9.17, 15) is 14.7 Å². The molecule has 0 spiro atoms. The summed E-state index contributed by atoms with van der Waals surface area (Å²) in [6, 6.07) is 31.1. The number of carboxylic acids is 1. The van der Waals surface area contributed by atoms with Crippen molar-refractivity contribution in [2.45, 2.75) is 19.8 Å². The number of hydrogen-bond donors (Lipinski definition) is 2. The Labute approximate surface area is 219 Å². The summed E-state index contributed by atoms with van der Waals surface area (Å²) in [6.07, 6.45) is 0.298. The summed E-state index contributed by atoms with van der Waals surface area (Å²) in [6.45, 7) is 2.08. The Balaban J connectivity index is 1.23. The first-order valence-corrected chi connectivity index (χ1v) is 12.9. The number of benzene rings is 4. The normalized spacial score (nSPS) is 11.8. The fourth-order valence-corrected chi connectivity index (χ4v) is 5.27. The third-order valence-electron chi connectivity index (χ3n) is 6.33. The number of anilines is 2. The van der Waals surface area contributed by atoms with E-state index in [1.54, 1.807) is 23.5 Å². The lowest BCUT2D eigenvalue weighted by atomic mass is 9.91. The molecule has 0 aliphatic carbocycles. The number of aliphatic carboxylic acids is 1. The second-order valence-corrected chi connectivity index (χ2v) is 10.2. The minimum absolute atomic E-state index is 0.0325. The minimum atomic E-state index is -0.955. The molecule has 0 aliphatic heterocycles. The number of rotatable bonds is 9. The molecule has 0 saturated carbocycles. The first kappa shape index (κ1) is 24.4. The molecule has 5 aromatic rings. The molecule has 1 aromatic heterocycles. The van der Waals surface area contributed by atoms with Gasteiger partial charge in [0.05, 0.1) is 16.1 Å². The lowest BCUT2D eigenvalue weighted by Crippen LogP contribution is -2.20. The van der Waals surface area contributed by atoms with Crippen LogP contribution < -0.4 is 5.32 Å². The lowest BCUT2D eigenvalue weighted by Gasteiger charge is -2.12. The SMILES string of the molecule is Cc1ccc2nc(Nc3ccc(-c4ccc(C(=O)CC(Cc5ccccc5)C(=O)O)cc4)cc3)sc2c1. The minimum Gasteiger partial charge on any atom is -0.481 e. The Morgan fingerprint density at radius 2 is 1.57 bits per heavy atom. The van der Waals surface area contributed by atoms with Crippen LogP contribution in [0.2, 0.25) is 0 Å². The van der Waals surface area contributed by atoms with Crippen molar-refractivity contribution in [2.24, 2.45) is 5.92 Å². The number of carbonyl (C=O) groups is 2. The molecule has 0 radical (unpaired) electrons. The summed E-state index contributed by atoms with van der Waals surface area (Å²) in [5, 5.41) is 13.9. The summed E-state index contributed by atoms with van der Waals surface area (Å²) in [4.78, 5) is 29.2. The first-order valence-electron chi connectivity index (χ1n) is 12.1. The van der Waals surface area contributed by atoms with Crippen LogP contribution in [0, 0.1) is 12.8 Å². The molecule has 37 heavy (non-hydrogen) atoms. The molecule has 0 saturated heterocycles. The van der Waals surface area contributed by atoms with E-state index in [1.165, 1.54) is 5.56 Å². The number of nitrogens with zero attached hydrogens (tertiary/aromatic N) is 1. The molecule has 1 unspecified atom stereocenters. The molecule has 6 heteroatoms. The summed E-state index contributed by atoms with van der Waals surface area (Å²) in [5.74, 6) is -1.88. The summed E-state index contributed by atoms with van der Waals surface area (Å²) in [5.41, 5.74) is 6.59. The molecular formula is C31H26N2O3S. The fourth-order valence-electron chi connectivity index (χ4n) is 4.29. The maximum atomic E-state index is 12.8. The van der Waals surface area contributed by atoms with Gasteiger partial charge in [0, 0.05) is 17.7 Å². The van der Waals surface area contributed by atoms with Gasteiger partial charge in [-0.2, -0.15) is 0 Å². The standard InChI is InChI=1S/C31H26N2O3S/c1-20-7-16-27-29(17-20)37-31(33-27)32-26-14-12-23(13-15-26)22-8-10-24(11-9-22)28(34)19-25(30(35)36)18-21-5-3-2-4-6-21/h2-17,25H,18-19H2,1H3,(H,32,33)(H,35,36). The first-order chi connectivity index (χ1) is 17.9. The van der Waals surface area contributed by atoms with Gasteiger partial charge in [0.2, 0.25) is 0 Å². The van der Waals surface area contributed by atoms with E-state index in [1.807, 2.05) is 72.8 Å². The number of thiazole rings is 1. The van der Waals surface area contributed by atoms with Crippen molar-refractivity contribution in [1.29, 1.82) is 0 Å². The van der Waals surface area contributed by atoms with Crippen molar-refractivity contribution in [1.82, 2.24) is 4.98 Å². The van der Waals surface area contributed by atoms with E-state index >= 15 is 0 Å². The molecule has 5 nitrogen and oxygen atoms in total. The number of nitrogens with one attached hydrogen (secondary N) is 1. The Bertz CT molecular complexity index is 1540. The van der Waals surface area contributed by atoms with Crippen molar-refractivity contribution in [3.8, 4) is 11.1 Å². The molecule has 2 N–H and O–H groups in total. The van der Waals surface area contributed by atoms with E-state index in [0.29, 0.717) is 12.0 Å². The third-order valence-corrected chi connectivity index (χ3v) is 7.26. The topological polar surface area (TPSA) is 79.3 Å². The van der Waals surface area contributed by atoms with Crippen LogP contribution in [0.1, 0.15) is 27.9 Å². The summed E-state index contributed by atoms with van der Waals surface area (Å²) >= 11 is 1.63. The highest BCUT2D eigenvalue weighted by Crippen LogP contribution is 2.30. The molecule has 1 heterocycles. The lowest BCUT2D eigenvalue weighted by molar-refractivity contribution is -0.141. The van der Waals surface area contributed by atoms with Crippen LogP contribution in [0.15, 0.2) is 97.1 Å². The van der Waals surface area contributed by atoms with Crippen molar-refractivity contribution in [3.63, 3.8) is 0 Å². The highest BCUT2D eigenvalue weighted by atomic mass is 32.1. The molecule has 5 rings (SSSR count). The van der Waals surface area contributed by atoms with Crippen molar-refractivity contribution < 1.29 is 14.7 Å². The maximum absolute atomic E-state index is 12.8.